The number of benzene rings is 3. The fourth-order valence-electron chi connectivity index (χ4n) is 3.52. The molecule has 3 aromatic rings. The van der Waals surface area contributed by atoms with Gasteiger partial charge in [-0.05, 0) is 42.8 Å². The maximum Gasteiger partial charge on any atom is 0.407 e. The van der Waals surface area contributed by atoms with Crippen LogP contribution >= 0.6 is 0 Å². The van der Waals surface area contributed by atoms with E-state index in [4.69, 9.17) is 9.31 Å². The SMILES string of the molecule is Cc1cc(NCc2ccccc2[B-]2(O)OCCO2)ccc1N=Nc1ccc([N+](=O)[O-])cc1. The Morgan fingerprint density at radius 2 is 1.78 bits per heavy atom. The zero-order valence-corrected chi connectivity index (χ0v) is 17.5. The van der Waals surface area contributed by atoms with Gasteiger partial charge in [-0.15, -0.1) is 5.46 Å². The van der Waals surface area contributed by atoms with Crippen LogP contribution in [0, 0.1) is 17.0 Å². The summed E-state index contributed by atoms with van der Waals surface area (Å²) >= 11 is 0. The normalized spacial score (nSPS) is 15.2. The van der Waals surface area contributed by atoms with E-state index in [1.54, 1.807) is 12.1 Å². The van der Waals surface area contributed by atoms with Crippen LogP contribution in [0.2, 0.25) is 0 Å². The van der Waals surface area contributed by atoms with Crippen molar-refractivity contribution in [3.8, 4) is 0 Å². The Balaban J connectivity index is 1.44. The Kier molecular flexibility index (Phi) is 6.26. The standard InChI is InChI=1S/C22H22BN4O5/c1-16-14-19(8-11-22(16)26-25-18-6-9-20(10-7-18)27(29)30)24-15-17-4-2-3-5-21(17)23(28)31-12-13-32-23/h2-11,14,24,28H,12-13,15H2,1H3/q-1. The molecule has 0 saturated carbocycles. The molecule has 1 fully saturated rings. The molecule has 10 heteroatoms. The summed E-state index contributed by atoms with van der Waals surface area (Å²) in [6.07, 6.45) is 0. The first kappa shape index (κ1) is 21.6. The number of nitro groups is 1. The third-order valence-corrected chi connectivity index (χ3v) is 5.23. The zero-order chi connectivity index (χ0) is 22.6. The highest BCUT2D eigenvalue weighted by atomic mass is 16.7. The summed E-state index contributed by atoms with van der Waals surface area (Å²) in [5.41, 5.74) is 4.57. The van der Waals surface area contributed by atoms with Crippen LogP contribution in [-0.4, -0.2) is 29.9 Å². The van der Waals surface area contributed by atoms with Crippen molar-refractivity contribution in [1.29, 1.82) is 0 Å². The second-order valence-corrected chi connectivity index (χ2v) is 7.44. The van der Waals surface area contributed by atoms with Gasteiger partial charge in [-0.3, -0.25) is 10.1 Å². The molecule has 9 nitrogen and oxygen atoms in total. The van der Waals surface area contributed by atoms with Crippen LogP contribution < -0.4 is 10.8 Å². The summed E-state index contributed by atoms with van der Waals surface area (Å²) in [5, 5.41) is 33.1. The van der Waals surface area contributed by atoms with Crippen LogP contribution in [-0.2, 0) is 15.9 Å². The number of nitrogens with one attached hydrogen (secondary N) is 1. The highest BCUT2D eigenvalue weighted by Crippen LogP contribution is 2.26. The van der Waals surface area contributed by atoms with Gasteiger partial charge in [-0.25, -0.2) is 0 Å². The van der Waals surface area contributed by atoms with Crippen LogP contribution in [0.4, 0.5) is 22.7 Å². The van der Waals surface area contributed by atoms with Crippen molar-refractivity contribution in [3.63, 3.8) is 0 Å². The van der Waals surface area contributed by atoms with Crippen molar-refractivity contribution in [1.82, 2.24) is 0 Å². The second kappa shape index (κ2) is 9.27. The lowest BCUT2D eigenvalue weighted by molar-refractivity contribution is -0.384. The summed E-state index contributed by atoms with van der Waals surface area (Å²) in [7, 11) is 0. The molecule has 0 unspecified atom stereocenters. The van der Waals surface area contributed by atoms with Crippen LogP contribution in [0.25, 0.3) is 0 Å². The van der Waals surface area contributed by atoms with Gasteiger partial charge in [0.05, 0.1) is 16.3 Å². The summed E-state index contributed by atoms with van der Waals surface area (Å²) in [6.45, 7) is 0.708. The summed E-state index contributed by atoms with van der Waals surface area (Å²) in [6, 6.07) is 19.1. The number of hydrogen-bond donors (Lipinski definition) is 2. The Morgan fingerprint density at radius 3 is 2.47 bits per heavy atom. The zero-order valence-electron chi connectivity index (χ0n) is 17.5. The third kappa shape index (κ3) is 4.83. The molecule has 0 radical (unpaired) electrons. The molecule has 1 aliphatic rings. The number of nitrogens with zero attached hydrogens (tertiary/aromatic N) is 3. The number of aryl methyl sites for hydroxylation is 1. The van der Waals surface area contributed by atoms with Crippen molar-refractivity contribution in [2.45, 2.75) is 13.5 Å². The van der Waals surface area contributed by atoms with Crippen molar-refractivity contribution < 1.29 is 19.3 Å². The van der Waals surface area contributed by atoms with E-state index in [9.17, 15) is 15.1 Å². The second-order valence-electron chi connectivity index (χ2n) is 7.44. The minimum atomic E-state index is -2.44. The van der Waals surface area contributed by atoms with E-state index in [0.717, 1.165) is 16.8 Å². The molecule has 4 rings (SSSR count). The van der Waals surface area contributed by atoms with Gasteiger partial charge in [0, 0.05) is 37.6 Å². The van der Waals surface area contributed by atoms with Crippen LogP contribution in [0.15, 0.2) is 77.0 Å². The molecule has 164 valence electrons. The monoisotopic (exact) mass is 433 g/mol. The minimum Gasteiger partial charge on any atom is -0.555 e. The van der Waals surface area contributed by atoms with Gasteiger partial charge in [0.1, 0.15) is 0 Å². The number of rotatable bonds is 7. The van der Waals surface area contributed by atoms with Crippen LogP contribution in [0.5, 0.6) is 0 Å². The number of anilines is 1. The molecule has 1 heterocycles. The Labute approximate surface area is 184 Å². The lowest BCUT2D eigenvalue weighted by Gasteiger charge is -2.31. The molecule has 1 aliphatic heterocycles. The molecule has 0 aliphatic carbocycles. The number of non-ortho nitro benzene ring substituents is 1. The van der Waals surface area contributed by atoms with Crippen molar-refractivity contribution >= 4 is 35.0 Å². The fourth-order valence-corrected chi connectivity index (χ4v) is 3.52. The summed E-state index contributed by atoms with van der Waals surface area (Å²) in [5.74, 6) is 0. The van der Waals surface area contributed by atoms with E-state index in [2.05, 4.69) is 15.5 Å². The first-order chi connectivity index (χ1) is 15.4. The van der Waals surface area contributed by atoms with Gasteiger partial charge in [0.2, 0.25) is 0 Å². The Morgan fingerprint density at radius 1 is 1.06 bits per heavy atom. The Bertz CT molecular complexity index is 1150. The lowest BCUT2D eigenvalue weighted by atomic mass is 9.68. The summed E-state index contributed by atoms with van der Waals surface area (Å²) < 4.78 is 10.9. The van der Waals surface area contributed by atoms with Gasteiger partial charge in [-0.1, -0.05) is 29.8 Å². The average molecular weight is 433 g/mol. The quantitative estimate of drug-likeness (QED) is 0.251. The first-order valence-corrected chi connectivity index (χ1v) is 10.2. The van der Waals surface area contributed by atoms with E-state index >= 15 is 0 Å². The van der Waals surface area contributed by atoms with Crippen molar-refractivity contribution in [2.24, 2.45) is 10.2 Å². The molecule has 0 bridgehead atoms. The lowest BCUT2D eigenvalue weighted by Crippen LogP contribution is -2.52. The molecular weight excluding hydrogens is 411 g/mol. The molecular formula is C22H22BN4O5-. The van der Waals surface area contributed by atoms with E-state index in [1.807, 2.05) is 49.4 Å². The minimum absolute atomic E-state index is 0.0107. The van der Waals surface area contributed by atoms with Gasteiger partial charge in [-0.2, -0.15) is 10.2 Å². The van der Waals surface area contributed by atoms with Crippen LogP contribution in [0.3, 0.4) is 0 Å². The fraction of sp³-hybridized carbons (Fsp3) is 0.182. The maximum atomic E-state index is 10.7. The highest BCUT2D eigenvalue weighted by Gasteiger charge is 2.33. The molecule has 0 spiro atoms. The number of nitro benzene ring substituents is 1. The maximum absolute atomic E-state index is 10.7. The summed E-state index contributed by atoms with van der Waals surface area (Å²) in [4.78, 5) is 10.3. The predicted molar refractivity (Wildman–Crippen MR) is 122 cm³/mol. The van der Waals surface area contributed by atoms with Gasteiger partial charge >= 0.3 is 6.75 Å². The highest BCUT2D eigenvalue weighted by molar-refractivity contribution is 6.75. The van der Waals surface area contributed by atoms with E-state index < -0.39 is 11.7 Å². The molecule has 3 aromatic carbocycles. The molecule has 0 amide bonds. The van der Waals surface area contributed by atoms with Crippen molar-refractivity contribution in [2.75, 3.05) is 18.5 Å². The molecule has 2 N–H and O–H groups in total. The van der Waals surface area contributed by atoms with E-state index in [1.165, 1.54) is 12.1 Å². The molecule has 32 heavy (non-hydrogen) atoms. The molecule has 0 atom stereocenters. The largest absolute Gasteiger partial charge is 0.555 e. The molecule has 1 saturated heterocycles. The number of azo groups is 1. The smallest absolute Gasteiger partial charge is 0.407 e. The van der Waals surface area contributed by atoms with Crippen molar-refractivity contribution in [3.05, 3.63) is 88.0 Å². The van der Waals surface area contributed by atoms with Gasteiger partial charge < -0.3 is 19.6 Å². The third-order valence-electron chi connectivity index (χ3n) is 5.23. The van der Waals surface area contributed by atoms with E-state index in [0.29, 0.717) is 36.6 Å². The molecule has 0 aromatic heterocycles. The van der Waals surface area contributed by atoms with Gasteiger partial charge in [0.25, 0.3) is 5.69 Å². The average Bonchev–Trinajstić information content (AvgIpc) is 3.25. The number of hydrogen-bond acceptors (Lipinski definition) is 8. The topological polar surface area (TPSA) is 119 Å². The predicted octanol–water partition coefficient (Wildman–Crippen LogP) is 4.12. The first-order valence-electron chi connectivity index (χ1n) is 10.2. The Hall–Kier alpha value is -3.60. The van der Waals surface area contributed by atoms with Gasteiger partial charge in [0.15, 0.2) is 0 Å². The van der Waals surface area contributed by atoms with Crippen LogP contribution in [0.1, 0.15) is 11.1 Å². The van der Waals surface area contributed by atoms with E-state index in [-0.39, 0.29) is 5.69 Å².